The molecule has 5 aromatic rings. The maximum absolute atomic E-state index is 14.5. The van der Waals surface area contributed by atoms with Crippen molar-refractivity contribution in [3.05, 3.63) is 153 Å². The number of carbonyl (C=O) groups is 8. The maximum atomic E-state index is 14.5. The molecular formula is C66H73N9O11. The first-order valence-electron chi connectivity index (χ1n) is 29.6. The van der Waals surface area contributed by atoms with Gasteiger partial charge in [-0.25, -0.2) is 4.79 Å². The van der Waals surface area contributed by atoms with E-state index < -0.39 is 23.9 Å². The van der Waals surface area contributed by atoms with Crippen LogP contribution in [-0.4, -0.2) is 111 Å². The summed E-state index contributed by atoms with van der Waals surface area (Å²) >= 11 is 0. The molecule has 20 nitrogen and oxygen atoms in total. The number of imide groups is 1. The predicted molar refractivity (Wildman–Crippen MR) is 321 cm³/mol. The van der Waals surface area contributed by atoms with Crippen LogP contribution in [0.25, 0.3) is 0 Å². The Bertz CT molecular complexity index is 3520. The third-order valence-electron chi connectivity index (χ3n) is 16.8. The van der Waals surface area contributed by atoms with Crippen molar-refractivity contribution in [1.82, 2.24) is 30.3 Å². The van der Waals surface area contributed by atoms with Crippen molar-refractivity contribution in [2.75, 3.05) is 25.5 Å². The van der Waals surface area contributed by atoms with Gasteiger partial charge in [0.05, 0.1) is 41.8 Å². The molecule has 448 valence electrons. The van der Waals surface area contributed by atoms with Crippen LogP contribution in [0.3, 0.4) is 0 Å². The van der Waals surface area contributed by atoms with Crippen LogP contribution in [0, 0.1) is 18.8 Å². The number of hydrogen-bond acceptors (Lipinski definition) is 13. The molecule has 86 heavy (non-hydrogen) atoms. The smallest absolute Gasteiger partial charge is 0.312 e. The highest BCUT2D eigenvalue weighted by Crippen LogP contribution is 2.40. The number of methoxy groups -OCH3 is 1. The summed E-state index contributed by atoms with van der Waals surface area (Å²) in [5, 5.41) is 8.39. The van der Waals surface area contributed by atoms with Crippen LogP contribution in [0.5, 0.6) is 17.2 Å². The Labute approximate surface area is 499 Å². The molecule has 0 saturated heterocycles. The fourth-order valence-electron chi connectivity index (χ4n) is 12.1. The largest absolute Gasteiger partial charge is 0.493 e. The van der Waals surface area contributed by atoms with Crippen LogP contribution in [0.15, 0.2) is 102 Å². The van der Waals surface area contributed by atoms with Gasteiger partial charge >= 0.3 is 6.03 Å². The number of hydrogen-bond donors (Lipinski definition) is 4. The number of aliphatic imine (C=N–C) groups is 1. The lowest BCUT2D eigenvalue weighted by Crippen LogP contribution is -2.45. The summed E-state index contributed by atoms with van der Waals surface area (Å²) in [6.07, 6.45) is 9.37. The summed E-state index contributed by atoms with van der Waals surface area (Å²) in [5.74, 6) is -1.65. The highest BCUT2D eigenvalue weighted by atomic mass is 16.5. The van der Waals surface area contributed by atoms with E-state index >= 15 is 0 Å². The summed E-state index contributed by atoms with van der Waals surface area (Å²) in [7, 11) is 1.51. The van der Waals surface area contributed by atoms with Crippen LogP contribution >= 0.6 is 0 Å². The number of rotatable bonds is 24. The molecule has 0 saturated carbocycles. The molecule has 0 unspecified atom stereocenters. The number of anilines is 1. The zero-order valence-electron chi connectivity index (χ0n) is 49.0. The van der Waals surface area contributed by atoms with Gasteiger partial charge < -0.3 is 45.7 Å². The Morgan fingerprint density at radius 1 is 0.733 bits per heavy atom. The van der Waals surface area contributed by atoms with E-state index in [2.05, 4.69) is 34.1 Å². The van der Waals surface area contributed by atoms with Crippen LogP contribution in [0.1, 0.15) is 131 Å². The second kappa shape index (κ2) is 26.8. The van der Waals surface area contributed by atoms with Gasteiger partial charge in [0.25, 0.3) is 23.6 Å². The van der Waals surface area contributed by atoms with E-state index in [0.717, 1.165) is 52.0 Å². The molecule has 0 bridgehead atoms. The van der Waals surface area contributed by atoms with Crippen molar-refractivity contribution < 1.29 is 52.6 Å². The van der Waals surface area contributed by atoms with Crippen LogP contribution in [-0.2, 0) is 69.5 Å². The molecule has 8 amide bonds. The molecule has 0 spiro atoms. The molecule has 1 aromatic heterocycles. The first-order chi connectivity index (χ1) is 41.5. The van der Waals surface area contributed by atoms with E-state index in [4.69, 9.17) is 29.9 Å². The second-order valence-electron chi connectivity index (χ2n) is 23.1. The van der Waals surface area contributed by atoms with Crippen molar-refractivity contribution in [2.24, 2.45) is 22.6 Å². The minimum absolute atomic E-state index is 0.0665. The van der Waals surface area contributed by atoms with Gasteiger partial charge in [0.1, 0.15) is 19.0 Å². The number of Topliss-reactive ketones (excluding diaryl/α,β-unsaturated/α-hetero) is 1. The second-order valence-corrected chi connectivity index (χ2v) is 23.1. The van der Waals surface area contributed by atoms with Gasteiger partial charge in [-0.3, -0.25) is 48.4 Å². The number of aryl methyl sites for hydroxylation is 2. The third kappa shape index (κ3) is 14.0. The molecule has 5 aliphatic rings. The first kappa shape index (κ1) is 59.9. The number of carbonyl (C=O) groups excluding carboxylic acids is 8. The number of aromatic nitrogens is 1. The van der Waals surface area contributed by atoms with Crippen LogP contribution in [0.4, 0.5) is 16.2 Å². The van der Waals surface area contributed by atoms with E-state index in [1.165, 1.54) is 30.4 Å². The summed E-state index contributed by atoms with van der Waals surface area (Å²) < 4.78 is 18.5. The number of nitrogens with one attached hydrogen (secondary N) is 3. The van der Waals surface area contributed by atoms with Gasteiger partial charge in [-0.1, -0.05) is 56.7 Å². The van der Waals surface area contributed by atoms with Gasteiger partial charge in [0, 0.05) is 86.7 Å². The Morgan fingerprint density at radius 2 is 1.45 bits per heavy atom. The zero-order chi connectivity index (χ0) is 60.6. The lowest BCUT2D eigenvalue weighted by molar-refractivity contribution is -0.137. The number of benzene rings is 4. The minimum Gasteiger partial charge on any atom is -0.493 e. The highest BCUT2D eigenvalue weighted by molar-refractivity contribution is 6.13. The van der Waals surface area contributed by atoms with Gasteiger partial charge in [-0.2, -0.15) is 0 Å². The third-order valence-corrected chi connectivity index (χ3v) is 16.8. The number of unbranched alkanes of at least 4 members (excludes halogenated alkanes) is 2. The van der Waals surface area contributed by atoms with Crippen LogP contribution in [0.2, 0.25) is 0 Å². The van der Waals surface area contributed by atoms with E-state index in [1.807, 2.05) is 74.2 Å². The summed E-state index contributed by atoms with van der Waals surface area (Å²) in [5.41, 5.74) is 14.8. The van der Waals surface area contributed by atoms with Crippen molar-refractivity contribution in [1.29, 1.82) is 0 Å². The number of ether oxygens (including phenoxy) is 3. The summed E-state index contributed by atoms with van der Waals surface area (Å²) in [6.45, 7) is 7.16. The normalized spacial score (nSPS) is 17.2. The summed E-state index contributed by atoms with van der Waals surface area (Å²) in [6, 6.07) is 25.1. The number of nitrogens with zero attached hydrogens (tertiary/aromatic N) is 5. The molecule has 5 N–H and O–H groups in total. The average Bonchev–Trinajstić information content (AvgIpc) is 2.22. The number of nitrogens with two attached hydrogens (primary N) is 1. The monoisotopic (exact) mass is 1170 g/mol. The molecule has 0 radical (unpaired) electrons. The number of primary amides is 1. The van der Waals surface area contributed by atoms with Crippen molar-refractivity contribution in [3.63, 3.8) is 0 Å². The first-order valence-corrected chi connectivity index (χ1v) is 29.6. The van der Waals surface area contributed by atoms with Gasteiger partial charge in [0.15, 0.2) is 17.3 Å². The fraction of sp³-hybridized carbons (Fsp3) is 0.394. The molecular weight excluding hydrogens is 1090 g/mol. The van der Waals surface area contributed by atoms with Crippen molar-refractivity contribution >= 4 is 64.8 Å². The van der Waals surface area contributed by atoms with Gasteiger partial charge in [-0.15, -0.1) is 0 Å². The quantitative estimate of drug-likeness (QED) is 0.0339. The van der Waals surface area contributed by atoms with Crippen molar-refractivity contribution in [3.8, 4) is 17.2 Å². The Balaban J connectivity index is 0.746. The number of ketones is 1. The fourth-order valence-corrected chi connectivity index (χ4v) is 12.1. The summed E-state index contributed by atoms with van der Waals surface area (Å²) in [4.78, 5) is 119. The average molecular weight is 1170 g/mol. The topological polar surface area (TPSA) is 261 Å². The molecule has 0 aliphatic carbocycles. The van der Waals surface area contributed by atoms with Crippen molar-refractivity contribution in [2.45, 2.75) is 136 Å². The van der Waals surface area contributed by atoms with E-state index in [1.54, 1.807) is 29.3 Å². The number of fused-ring (bicyclic) bond motifs is 6. The molecule has 4 atom stereocenters. The maximum Gasteiger partial charge on any atom is 0.312 e. The molecule has 10 rings (SSSR count). The molecule has 5 aliphatic heterocycles. The minimum atomic E-state index is -0.864. The number of amides is 8. The molecule has 20 heteroatoms. The van der Waals surface area contributed by atoms with E-state index in [9.17, 15) is 38.4 Å². The number of pyridine rings is 1. The molecule has 6 heterocycles. The Kier molecular flexibility index (Phi) is 18.7. The molecule has 4 aromatic carbocycles. The van der Waals surface area contributed by atoms with E-state index in [0.29, 0.717) is 84.2 Å². The van der Waals surface area contributed by atoms with Gasteiger partial charge in [-0.05, 0) is 140 Å². The Hall–Kier alpha value is -9.20. The highest BCUT2D eigenvalue weighted by Gasteiger charge is 2.37. The standard InChI is InChI=1S/C66H73N9O11/c1-39(2)62(72-59(77)17-6-5-9-25-73-60(78)22-23-61(73)79)55(76)30-44(14-11-24-68-66(67)83)63(80)71-47-20-18-42-29-51-34-69-54-33-58(57(84-4)32-53(54)65(82)75(51)36-46(42)27-47)86-38-49-16-10-15-48(70-49)37-85-56-31-43-19-21-50-28-41-12-7-8-13-45(41)35-74(50)64(81)52(43)26-40(56)3/h7-8,10,12-13,15-16,18,20,22-23,26-27,31-34,39,44,50-51,62H,5-6,9,11,14,17,19,21,24-25,28-30,35-38H2,1-4H3,(H,71,80)(H,72,77)(H3,67,68,83)/t44-,50-,51+,62+/m1/s1. The Morgan fingerprint density at radius 3 is 2.20 bits per heavy atom. The zero-order valence-corrected chi connectivity index (χ0v) is 49.0. The van der Waals surface area contributed by atoms with Gasteiger partial charge in [0.2, 0.25) is 11.8 Å². The van der Waals surface area contributed by atoms with Crippen LogP contribution < -0.4 is 35.9 Å². The molecule has 0 fully saturated rings. The predicted octanol–water partition coefficient (Wildman–Crippen LogP) is 7.94. The lowest BCUT2D eigenvalue weighted by Gasteiger charge is -2.36. The van der Waals surface area contributed by atoms with E-state index in [-0.39, 0.29) is 105 Å². The lowest BCUT2D eigenvalue weighted by atomic mass is 9.89. The number of urea groups is 1. The SMILES string of the molecule is COc1cc2c(cc1OCc1cccc(COc3cc4c(cc3C)C(=O)N3Cc5ccccc5C[C@H]3CC4)n1)N=C[C@@H]1Cc3ccc(NC(=O)[C@H](CCCNC(N)=O)CC(=O)[C@@H](NC(=O)CCCCCN4C(=O)C=CC4=O)C(C)C)cc3CN1C2=O.